The van der Waals surface area contributed by atoms with Gasteiger partial charge in [0.15, 0.2) is 0 Å². The lowest BCUT2D eigenvalue weighted by atomic mass is 10.0. The second-order valence-corrected chi connectivity index (χ2v) is 5.45. The van der Waals surface area contributed by atoms with Gasteiger partial charge in [0.1, 0.15) is 7.05 Å². The molecule has 3 rings (SSSR count). The third-order valence-electron chi connectivity index (χ3n) is 4.10. The van der Waals surface area contributed by atoms with Crippen LogP contribution in [-0.4, -0.2) is 9.55 Å². The van der Waals surface area contributed by atoms with Crippen molar-refractivity contribution in [3.63, 3.8) is 0 Å². The SMILES string of the molecule is Cc1ccccc1-c1cccc(-c2ncc(C)n2C)[n+]1C. The molecule has 0 saturated heterocycles. The minimum Gasteiger partial charge on any atom is -0.326 e. The fourth-order valence-electron chi connectivity index (χ4n) is 2.67. The summed E-state index contributed by atoms with van der Waals surface area (Å²) in [5.41, 5.74) is 6.01. The van der Waals surface area contributed by atoms with Crippen LogP contribution in [0.15, 0.2) is 48.7 Å². The average molecular weight is 278 g/mol. The molecule has 106 valence electrons. The second kappa shape index (κ2) is 5.17. The molecule has 0 saturated carbocycles. The van der Waals surface area contributed by atoms with Crippen LogP contribution in [-0.2, 0) is 14.1 Å². The van der Waals surface area contributed by atoms with E-state index in [1.54, 1.807) is 0 Å². The molecule has 3 heteroatoms. The Bertz CT molecular complexity index is 800. The molecule has 0 fully saturated rings. The van der Waals surface area contributed by atoms with Gasteiger partial charge in [-0.2, -0.15) is 4.57 Å². The van der Waals surface area contributed by atoms with Crippen molar-refractivity contribution in [2.75, 3.05) is 0 Å². The van der Waals surface area contributed by atoms with E-state index in [1.165, 1.54) is 16.8 Å². The Labute approximate surface area is 125 Å². The van der Waals surface area contributed by atoms with Gasteiger partial charge in [-0.3, -0.25) is 0 Å². The van der Waals surface area contributed by atoms with Gasteiger partial charge in [0.2, 0.25) is 17.2 Å². The molecule has 0 N–H and O–H groups in total. The molecule has 0 atom stereocenters. The zero-order valence-electron chi connectivity index (χ0n) is 13.0. The Hall–Kier alpha value is -2.42. The summed E-state index contributed by atoms with van der Waals surface area (Å²) in [6.07, 6.45) is 1.91. The maximum atomic E-state index is 4.55. The van der Waals surface area contributed by atoms with Crippen LogP contribution in [0.2, 0.25) is 0 Å². The van der Waals surface area contributed by atoms with Crippen molar-refractivity contribution in [1.82, 2.24) is 9.55 Å². The summed E-state index contributed by atoms with van der Waals surface area (Å²) in [5.74, 6) is 0.991. The maximum Gasteiger partial charge on any atom is 0.248 e. The van der Waals surface area contributed by atoms with Gasteiger partial charge in [-0.1, -0.05) is 18.2 Å². The van der Waals surface area contributed by atoms with Gasteiger partial charge in [0.25, 0.3) is 0 Å². The first kappa shape index (κ1) is 13.6. The number of benzene rings is 1. The normalized spacial score (nSPS) is 10.9. The van der Waals surface area contributed by atoms with Crippen molar-refractivity contribution >= 4 is 0 Å². The Balaban J connectivity index is 2.21. The van der Waals surface area contributed by atoms with Gasteiger partial charge in [-0.05, 0) is 31.5 Å². The van der Waals surface area contributed by atoms with Crippen LogP contribution in [0.1, 0.15) is 11.3 Å². The van der Waals surface area contributed by atoms with Crippen molar-refractivity contribution in [3.05, 3.63) is 59.9 Å². The van der Waals surface area contributed by atoms with Gasteiger partial charge >= 0.3 is 0 Å². The monoisotopic (exact) mass is 278 g/mol. The van der Waals surface area contributed by atoms with E-state index in [4.69, 9.17) is 0 Å². The standard InChI is InChI=1S/C18H20N3/c1-13-8-5-6-9-15(13)16-10-7-11-17(21(16)4)18-19-12-14(2)20(18)3/h5-12H,1-4H3/q+1. The topological polar surface area (TPSA) is 21.7 Å². The first-order valence-corrected chi connectivity index (χ1v) is 7.13. The van der Waals surface area contributed by atoms with Gasteiger partial charge in [-0.15, -0.1) is 0 Å². The van der Waals surface area contributed by atoms with E-state index in [1.807, 2.05) is 6.20 Å². The zero-order chi connectivity index (χ0) is 15.0. The molecular weight excluding hydrogens is 258 g/mol. The molecule has 0 bridgehead atoms. The number of hydrogen-bond acceptors (Lipinski definition) is 1. The molecule has 2 heterocycles. The Morgan fingerprint density at radius 1 is 0.952 bits per heavy atom. The zero-order valence-corrected chi connectivity index (χ0v) is 13.0. The number of rotatable bonds is 2. The van der Waals surface area contributed by atoms with Crippen molar-refractivity contribution in [3.8, 4) is 22.8 Å². The lowest BCUT2D eigenvalue weighted by Crippen LogP contribution is -2.34. The molecule has 0 aliphatic carbocycles. The van der Waals surface area contributed by atoms with Crippen LogP contribution in [0, 0.1) is 13.8 Å². The minimum absolute atomic E-state index is 0.991. The molecule has 0 amide bonds. The minimum atomic E-state index is 0.991. The third kappa shape index (κ3) is 2.25. The van der Waals surface area contributed by atoms with E-state index in [0.29, 0.717) is 0 Å². The molecule has 0 unspecified atom stereocenters. The molecular formula is C18H20N3+. The molecule has 0 spiro atoms. The van der Waals surface area contributed by atoms with E-state index in [2.05, 4.69) is 84.5 Å². The highest BCUT2D eigenvalue weighted by Gasteiger charge is 2.20. The smallest absolute Gasteiger partial charge is 0.248 e. The summed E-state index contributed by atoms with van der Waals surface area (Å²) < 4.78 is 4.33. The summed E-state index contributed by atoms with van der Waals surface area (Å²) in [5, 5.41) is 0. The number of imidazole rings is 1. The van der Waals surface area contributed by atoms with E-state index < -0.39 is 0 Å². The first-order valence-electron chi connectivity index (χ1n) is 7.13. The van der Waals surface area contributed by atoms with Crippen molar-refractivity contribution in [2.45, 2.75) is 13.8 Å². The highest BCUT2D eigenvalue weighted by atomic mass is 15.1. The summed E-state index contributed by atoms with van der Waals surface area (Å²) in [6, 6.07) is 14.8. The predicted molar refractivity (Wildman–Crippen MR) is 84.7 cm³/mol. The highest BCUT2D eigenvalue weighted by Crippen LogP contribution is 2.22. The molecule has 3 nitrogen and oxygen atoms in total. The average Bonchev–Trinajstić information content (AvgIpc) is 2.80. The lowest BCUT2D eigenvalue weighted by Gasteiger charge is -2.07. The van der Waals surface area contributed by atoms with Crippen molar-refractivity contribution in [2.24, 2.45) is 14.1 Å². The quantitative estimate of drug-likeness (QED) is 0.660. The molecule has 0 aliphatic rings. The highest BCUT2D eigenvalue weighted by molar-refractivity contribution is 5.62. The van der Waals surface area contributed by atoms with Gasteiger partial charge in [0.05, 0.1) is 0 Å². The van der Waals surface area contributed by atoms with Crippen LogP contribution < -0.4 is 4.57 Å². The predicted octanol–water partition coefficient (Wildman–Crippen LogP) is 3.20. The summed E-state index contributed by atoms with van der Waals surface area (Å²) in [6.45, 7) is 4.22. The Morgan fingerprint density at radius 3 is 2.33 bits per heavy atom. The first-order chi connectivity index (χ1) is 10.1. The number of pyridine rings is 1. The van der Waals surface area contributed by atoms with Crippen LogP contribution in [0.3, 0.4) is 0 Å². The number of aryl methyl sites for hydroxylation is 2. The molecule has 0 radical (unpaired) electrons. The fourth-order valence-corrected chi connectivity index (χ4v) is 2.67. The van der Waals surface area contributed by atoms with E-state index >= 15 is 0 Å². The second-order valence-electron chi connectivity index (χ2n) is 5.45. The van der Waals surface area contributed by atoms with E-state index in [9.17, 15) is 0 Å². The van der Waals surface area contributed by atoms with Crippen LogP contribution in [0.25, 0.3) is 22.8 Å². The maximum absolute atomic E-state index is 4.55. The molecule has 21 heavy (non-hydrogen) atoms. The molecule has 0 aliphatic heterocycles. The number of hydrogen-bond donors (Lipinski definition) is 0. The summed E-state index contributed by atoms with van der Waals surface area (Å²) >= 11 is 0. The number of nitrogens with zero attached hydrogens (tertiary/aromatic N) is 3. The number of aromatic nitrogens is 3. The Kier molecular flexibility index (Phi) is 3.34. The van der Waals surface area contributed by atoms with Crippen LogP contribution in [0.4, 0.5) is 0 Å². The van der Waals surface area contributed by atoms with Crippen molar-refractivity contribution < 1.29 is 4.57 Å². The molecule has 1 aromatic carbocycles. The van der Waals surface area contributed by atoms with Crippen LogP contribution >= 0.6 is 0 Å². The van der Waals surface area contributed by atoms with E-state index in [-0.39, 0.29) is 0 Å². The van der Waals surface area contributed by atoms with Crippen molar-refractivity contribution in [1.29, 1.82) is 0 Å². The largest absolute Gasteiger partial charge is 0.326 e. The van der Waals surface area contributed by atoms with Crippen LogP contribution in [0.5, 0.6) is 0 Å². The molecule has 3 aromatic rings. The lowest BCUT2D eigenvalue weighted by molar-refractivity contribution is -0.649. The Morgan fingerprint density at radius 2 is 1.67 bits per heavy atom. The molecule has 2 aromatic heterocycles. The van der Waals surface area contributed by atoms with Gasteiger partial charge in [0, 0.05) is 36.6 Å². The van der Waals surface area contributed by atoms with Gasteiger partial charge < -0.3 is 4.57 Å². The fraction of sp³-hybridized carbons (Fsp3) is 0.222. The summed E-state index contributed by atoms with van der Waals surface area (Å²) in [7, 11) is 4.15. The summed E-state index contributed by atoms with van der Waals surface area (Å²) in [4.78, 5) is 4.55. The van der Waals surface area contributed by atoms with E-state index in [0.717, 1.165) is 17.2 Å². The third-order valence-corrected chi connectivity index (χ3v) is 4.10. The van der Waals surface area contributed by atoms with Gasteiger partial charge in [-0.25, -0.2) is 4.98 Å².